The quantitative estimate of drug-likeness (QED) is 0.670. The number of aromatic nitrogens is 2. The average molecular weight is 330 g/mol. The molecule has 1 unspecified atom stereocenters. The Bertz CT molecular complexity index is 541. The first kappa shape index (κ1) is 13.5. The molecule has 96 valence electrons. The first-order valence-corrected chi connectivity index (χ1v) is 6.76. The van der Waals surface area contributed by atoms with Gasteiger partial charge in [-0.1, -0.05) is 27.5 Å². The highest BCUT2D eigenvalue weighted by Crippen LogP contribution is 2.29. The van der Waals surface area contributed by atoms with E-state index in [0.29, 0.717) is 5.02 Å². The number of hydrogen-bond acceptors (Lipinski definition) is 3. The lowest BCUT2D eigenvalue weighted by Gasteiger charge is -2.18. The summed E-state index contributed by atoms with van der Waals surface area (Å²) < 4.78 is 2.98. The van der Waals surface area contributed by atoms with Crippen molar-refractivity contribution < 1.29 is 0 Å². The van der Waals surface area contributed by atoms with Crippen LogP contribution in [0.15, 0.2) is 35.1 Å². The van der Waals surface area contributed by atoms with E-state index in [9.17, 15) is 0 Å². The first-order chi connectivity index (χ1) is 8.67. The lowest BCUT2D eigenvalue weighted by molar-refractivity contribution is 0.561. The minimum absolute atomic E-state index is 0.232. The van der Waals surface area contributed by atoms with Crippen LogP contribution in [0.25, 0.3) is 0 Å². The molecule has 0 amide bonds. The van der Waals surface area contributed by atoms with Crippen LogP contribution in [-0.4, -0.2) is 9.55 Å². The Morgan fingerprint density at radius 3 is 3.00 bits per heavy atom. The smallest absolute Gasteiger partial charge is 0.131 e. The van der Waals surface area contributed by atoms with Crippen molar-refractivity contribution in [2.24, 2.45) is 5.84 Å². The molecule has 1 aromatic heterocycles. The number of halogens is 2. The van der Waals surface area contributed by atoms with Crippen molar-refractivity contribution in [3.8, 4) is 0 Å². The fourth-order valence-electron chi connectivity index (χ4n) is 1.89. The van der Waals surface area contributed by atoms with Crippen LogP contribution in [0.2, 0.25) is 5.02 Å². The molecule has 2 rings (SSSR count). The molecule has 1 atom stereocenters. The molecule has 18 heavy (non-hydrogen) atoms. The largest absolute Gasteiger partial charge is 0.334 e. The Morgan fingerprint density at radius 1 is 1.56 bits per heavy atom. The zero-order chi connectivity index (χ0) is 13.1. The Kier molecular flexibility index (Phi) is 4.40. The molecule has 0 saturated heterocycles. The zero-order valence-electron chi connectivity index (χ0n) is 9.90. The van der Waals surface area contributed by atoms with Crippen LogP contribution < -0.4 is 11.3 Å². The maximum atomic E-state index is 6.23. The molecule has 0 aliphatic heterocycles. The summed E-state index contributed by atoms with van der Waals surface area (Å²) in [7, 11) is 0. The molecule has 0 spiro atoms. The van der Waals surface area contributed by atoms with Gasteiger partial charge in [-0.3, -0.25) is 5.84 Å². The van der Waals surface area contributed by atoms with Gasteiger partial charge in [-0.2, -0.15) is 0 Å². The van der Waals surface area contributed by atoms with Gasteiger partial charge in [-0.15, -0.1) is 0 Å². The second-order valence-electron chi connectivity index (χ2n) is 3.84. The van der Waals surface area contributed by atoms with Gasteiger partial charge in [0.2, 0.25) is 0 Å². The lowest BCUT2D eigenvalue weighted by Crippen LogP contribution is -2.31. The summed E-state index contributed by atoms with van der Waals surface area (Å²) in [6.45, 7) is 2.89. The Labute approximate surface area is 119 Å². The van der Waals surface area contributed by atoms with E-state index in [2.05, 4.69) is 33.3 Å². The summed E-state index contributed by atoms with van der Waals surface area (Å²) in [6, 6.07) is 5.45. The Morgan fingerprint density at radius 2 is 2.33 bits per heavy atom. The van der Waals surface area contributed by atoms with Gasteiger partial charge in [-0.25, -0.2) is 10.4 Å². The normalized spacial score (nSPS) is 12.7. The third-order valence-corrected chi connectivity index (χ3v) is 3.62. The number of hydrogen-bond donors (Lipinski definition) is 2. The maximum absolute atomic E-state index is 6.23. The summed E-state index contributed by atoms with van der Waals surface area (Å²) in [5.74, 6) is 6.51. The Balaban J connectivity index is 2.48. The van der Waals surface area contributed by atoms with Crippen LogP contribution >= 0.6 is 27.5 Å². The van der Waals surface area contributed by atoms with Gasteiger partial charge >= 0.3 is 0 Å². The lowest BCUT2D eigenvalue weighted by atomic mass is 10.1. The van der Waals surface area contributed by atoms with E-state index in [1.807, 2.05) is 29.0 Å². The third-order valence-electron chi connectivity index (χ3n) is 2.78. The van der Waals surface area contributed by atoms with E-state index < -0.39 is 0 Å². The van der Waals surface area contributed by atoms with Crippen LogP contribution in [0.5, 0.6) is 0 Å². The van der Waals surface area contributed by atoms with E-state index in [4.69, 9.17) is 17.4 Å². The summed E-state index contributed by atoms with van der Waals surface area (Å²) in [5, 5.41) is 0.659. The van der Waals surface area contributed by atoms with Crippen molar-refractivity contribution in [3.63, 3.8) is 0 Å². The standard InChI is InChI=1S/C12H14BrClN4/c1-2-18-6-5-16-12(18)11(17-15)9-7-8(13)3-4-10(9)14/h3-7,11,17H,2,15H2,1H3. The van der Waals surface area contributed by atoms with Gasteiger partial charge in [0.15, 0.2) is 0 Å². The van der Waals surface area contributed by atoms with E-state index >= 15 is 0 Å². The molecular formula is C12H14BrClN4. The number of imidazole rings is 1. The topological polar surface area (TPSA) is 55.9 Å². The average Bonchev–Trinajstić information content (AvgIpc) is 2.83. The number of hydrazine groups is 1. The van der Waals surface area contributed by atoms with Crippen LogP contribution in [0.1, 0.15) is 24.4 Å². The predicted molar refractivity (Wildman–Crippen MR) is 76.2 cm³/mol. The number of nitrogens with zero attached hydrogens (tertiary/aromatic N) is 2. The number of benzene rings is 1. The Hall–Kier alpha value is -0.880. The van der Waals surface area contributed by atoms with Crippen LogP contribution in [0, 0.1) is 0 Å². The van der Waals surface area contributed by atoms with Crippen molar-refractivity contribution >= 4 is 27.5 Å². The second-order valence-corrected chi connectivity index (χ2v) is 5.16. The predicted octanol–water partition coefficient (Wildman–Crippen LogP) is 2.87. The SMILES string of the molecule is CCn1ccnc1C(NN)c1cc(Br)ccc1Cl. The highest BCUT2D eigenvalue weighted by atomic mass is 79.9. The summed E-state index contributed by atoms with van der Waals surface area (Å²) >= 11 is 9.67. The van der Waals surface area contributed by atoms with Gasteiger partial charge in [0.05, 0.1) is 0 Å². The maximum Gasteiger partial charge on any atom is 0.131 e. The molecule has 1 heterocycles. The molecule has 1 aromatic carbocycles. The minimum atomic E-state index is -0.232. The van der Waals surface area contributed by atoms with Crippen LogP contribution in [-0.2, 0) is 6.54 Å². The van der Waals surface area contributed by atoms with Gasteiger partial charge in [-0.05, 0) is 30.7 Å². The molecule has 6 heteroatoms. The van der Waals surface area contributed by atoms with Gasteiger partial charge in [0, 0.05) is 28.4 Å². The molecule has 0 aliphatic carbocycles. The first-order valence-electron chi connectivity index (χ1n) is 5.59. The van der Waals surface area contributed by atoms with E-state index in [-0.39, 0.29) is 6.04 Å². The third kappa shape index (κ3) is 2.59. The minimum Gasteiger partial charge on any atom is -0.334 e. The van der Waals surface area contributed by atoms with Crippen LogP contribution in [0.4, 0.5) is 0 Å². The van der Waals surface area contributed by atoms with E-state index in [1.165, 1.54) is 0 Å². The number of aryl methyl sites for hydroxylation is 1. The van der Waals surface area contributed by atoms with Crippen molar-refractivity contribution in [3.05, 3.63) is 51.5 Å². The molecule has 0 radical (unpaired) electrons. The number of nitrogens with one attached hydrogen (secondary N) is 1. The van der Waals surface area contributed by atoms with Gasteiger partial charge in [0.25, 0.3) is 0 Å². The highest BCUT2D eigenvalue weighted by molar-refractivity contribution is 9.10. The van der Waals surface area contributed by atoms with Crippen LogP contribution in [0.3, 0.4) is 0 Å². The summed E-state index contributed by atoms with van der Waals surface area (Å²) in [6.07, 6.45) is 3.68. The summed E-state index contributed by atoms with van der Waals surface area (Å²) in [5.41, 5.74) is 3.67. The van der Waals surface area contributed by atoms with E-state index in [0.717, 1.165) is 22.4 Å². The molecule has 2 aromatic rings. The second kappa shape index (κ2) is 5.84. The summed E-state index contributed by atoms with van der Waals surface area (Å²) in [4.78, 5) is 4.35. The fourth-order valence-corrected chi connectivity index (χ4v) is 2.49. The number of nitrogens with two attached hydrogens (primary N) is 1. The molecular weight excluding hydrogens is 316 g/mol. The van der Waals surface area contributed by atoms with Crippen molar-refractivity contribution in [2.45, 2.75) is 19.5 Å². The number of rotatable bonds is 4. The fraction of sp³-hybridized carbons (Fsp3) is 0.250. The molecule has 0 saturated carbocycles. The van der Waals surface area contributed by atoms with Crippen molar-refractivity contribution in [2.75, 3.05) is 0 Å². The van der Waals surface area contributed by atoms with Crippen molar-refractivity contribution in [1.29, 1.82) is 0 Å². The molecule has 0 fully saturated rings. The van der Waals surface area contributed by atoms with Crippen molar-refractivity contribution in [1.82, 2.24) is 15.0 Å². The van der Waals surface area contributed by atoms with Gasteiger partial charge in [0.1, 0.15) is 11.9 Å². The molecule has 0 aliphatic rings. The molecule has 4 nitrogen and oxygen atoms in total. The molecule has 3 N–H and O–H groups in total. The molecule has 0 bridgehead atoms. The monoisotopic (exact) mass is 328 g/mol. The van der Waals surface area contributed by atoms with E-state index in [1.54, 1.807) is 6.20 Å². The highest BCUT2D eigenvalue weighted by Gasteiger charge is 2.20. The van der Waals surface area contributed by atoms with Gasteiger partial charge < -0.3 is 4.57 Å². The zero-order valence-corrected chi connectivity index (χ0v) is 12.2.